The number of aryl methyl sites for hydroxylation is 2. The molecule has 19 heavy (non-hydrogen) atoms. The fourth-order valence-electron chi connectivity index (χ4n) is 2.19. The largest absolute Gasteiger partial charge is 0.207 e. The Morgan fingerprint density at radius 2 is 1.63 bits per heavy atom. The summed E-state index contributed by atoms with van der Waals surface area (Å²) in [6, 6.07) is 7.32. The molecule has 0 bridgehead atoms. The summed E-state index contributed by atoms with van der Waals surface area (Å²) >= 11 is 12.3. The highest BCUT2D eigenvalue weighted by Gasteiger charge is 2.20. The number of halogens is 4. The number of alkyl halides is 1. The Hall–Kier alpha value is -1.12. The summed E-state index contributed by atoms with van der Waals surface area (Å²) in [5, 5.41) is -0.602. The predicted molar refractivity (Wildman–Crippen MR) is 75.0 cm³/mol. The number of hydrogen-bond acceptors (Lipinski definition) is 0. The molecule has 1 unspecified atom stereocenters. The van der Waals surface area contributed by atoms with Gasteiger partial charge in [-0.25, -0.2) is 8.78 Å². The van der Waals surface area contributed by atoms with E-state index in [-0.39, 0.29) is 10.8 Å². The van der Waals surface area contributed by atoms with Crippen molar-refractivity contribution in [1.29, 1.82) is 0 Å². The molecule has 0 radical (unpaired) electrons. The van der Waals surface area contributed by atoms with E-state index in [1.54, 1.807) is 26.0 Å². The van der Waals surface area contributed by atoms with Crippen molar-refractivity contribution in [2.24, 2.45) is 0 Å². The highest BCUT2D eigenvalue weighted by molar-refractivity contribution is 6.33. The summed E-state index contributed by atoms with van der Waals surface area (Å²) < 4.78 is 26.8. The first-order valence-electron chi connectivity index (χ1n) is 5.76. The maximum Gasteiger partial charge on any atom is 0.142 e. The maximum absolute atomic E-state index is 13.5. The van der Waals surface area contributed by atoms with Crippen molar-refractivity contribution in [1.82, 2.24) is 0 Å². The molecule has 0 aliphatic rings. The van der Waals surface area contributed by atoms with E-state index < -0.39 is 11.2 Å². The molecule has 2 aromatic carbocycles. The van der Waals surface area contributed by atoms with Crippen molar-refractivity contribution >= 4 is 23.2 Å². The molecule has 0 saturated heterocycles. The zero-order valence-corrected chi connectivity index (χ0v) is 12.0. The third-order valence-electron chi connectivity index (χ3n) is 3.07. The molecule has 0 heterocycles. The molecule has 0 aliphatic heterocycles. The van der Waals surface area contributed by atoms with Crippen LogP contribution in [0.25, 0.3) is 0 Å². The van der Waals surface area contributed by atoms with Gasteiger partial charge in [0, 0.05) is 0 Å². The van der Waals surface area contributed by atoms with Gasteiger partial charge in [-0.3, -0.25) is 0 Å². The Morgan fingerprint density at radius 3 is 2.21 bits per heavy atom. The first-order chi connectivity index (χ1) is 8.91. The van der Waals surface area contributed by atoms with Gasteiger partial charge < -0.3 is 0 Å². The average molecular weight is 301 g/mol. The molecular weight excluding hydrogens is 289 g/mol. The lowest BCUT2D eigenvalue weighted by Gasteiger charge is -2.17. The highest BCUT2D eigenvalue weighted by atomic mass is 35.5. The first-order valence-corrected chi connectivity index (χ1v) is 6.58. The number of hydrogen-bond donors (Lipinski definition) is 0. The van der Waals surface area contributed by atoms with Gasteiger partial charge in [0.25, 0.3) is 0 Å². The molecule has 1 atom stereocenters. The van der Waals surface area contributed by atoms with Crippen molar-refractivity contribution in [2.75, 3.05) is 0 Å². The summed E-state index contributed by atoms with van der Waals surface area (Å²) in [4.78, 5) is 0. The Morgan fingerprint density at radius 1 is 1.05 bits per heavy atom. The second kappa shape index (κ2) is 5.48. The van der Waals surface area contributed by atoms with Crippen LogP contribution in [0.2, 0.25) is 5.02 Å². The van der Waals surface area contributed by atoms with Gasteiger partial charge >= 0.3 is 0 Å². The minimum absolute atomic E-state index is 0.00521. The van der Waals surface area contributed by atoms with Crippen LogP contribution in [0.5, 0.6) is 0 Å². The van der Waals surface area contributed by atoms with Crippen LogP contribution in [0.4, 0.5) is 8.78 Å². The molecule has 0 amide bonds. The molecule has 2 aromatic rings. The maximum atomic E-state index is 13.5. The lowest BCUT2D eigenvalue weighted by atomic mass is 9.95. The van der Waals surface area contributed by atoms with Crippen molar-refractivity contribution in [3.05, 3.63) is 69.2 Å². The molecule has 4 heteroatoms. The van der Waals surface area contributed by atoms with Gasteiger partial charge in [0.2, 0.25) is 0 Å². The summed E-state index contributed by atoms with van der Waals surface area (Å²) in [5.41, 5.74) is 2.69. The Balaban J connectivity index is 2.56. The van der Waals surface area contributed by atoms with E-state index in [0.29, 0.717) is 5.56 Å². The quantitative estimate of drug-likeness (QED) is 0.637. The zero-order valence-electron chi connectivity index (χ0n) is 10.5. The average Bonchev–Trinajstić information content (AvgIpc) is 2.31. The first kappa shape index (κ1) is 14.3. The second-order valence-corrected chi connectivity index (χ2v) is 5.27. The van der Waals surface area contributed by atoms with Gasteiger partial charge in [-0.05, 0) is 54.3 Å². The summed E-state index contributed by atoms with van der Waals surface area (Å²) in [6.45, 7) is 3.54. The van der Waals surface area contributed by atoms with Crippen LogP contribution >= 0.6 is 23.2 Å². The van der Waals surface area contributed by atoms with Crippen LogP contribution in [0.15, 0.2) is 30.3 Å². The molecule has 2 rings (SSSR count). The molecule has 100 valence electrons. The Labute approximate surface area is 121 Å². The second-order valence-electron chi connectivity index (χ2n) is 4.46. The van der Waals surface area contributed by atoms with Crippen LogP contribution in [-0.2, 0) is 0 Å². The third-order valence-corrected chi connectivity index (χ3v) is 3.92. The highest BCUT2D eigenvalue weighted by Crippen LogP contribution is 2.37. The molecule has 0 spiro atoms. The van der Waals surface area contributed by atoms with Crippen molar-refractivity contribution in [3.63, 3.8) is 0 Å². The van der Waals surface area contributed by atoms with Crippen LogP contribution < -0.4 is 0 Å². The zero-order chi connectivity index (χ0) is 14.2. The van der Waals surface area contributed by atoms with E-state index in [0.717, 1.165) is 16.7 Å². The topological polar surface area (TPSA) is 0 Å². The standard InChI is InChI=1S/C15H12Cl2F2/c1-8-6-10(18)7-9(2)13(8)15(17)11-4-3-5-12(19)14(11)16/h3-7,15H,1-2H3. The van der Waals surface area contributed by atoms with Gasteiger partial charge in [0.05, 0.1) is 10.4 Å². The van der Waals surface area contributed by atoms with Gasteiger partial charge in [-0.2, -0.15) is 0 Å². The van der Waals surface area contributed by atoms with Crippen LogP contribution in [0, 0.1) is 25.5 Å². The molecule has 0 saturated carbocycles. The third kappa shape index (κ3) is 2.75. The van der Waals surface area contributed by atoms with Gasteiger partial charge in [-0.15, -0.1) is 11.6 Å². The molecule has 0 nitrogen and oxygen atoms in total. The lowest BCUT2D eigenvalue weighted by molar-refractivity contribution is 0.622. The molecule has 0 aliphatic carbocycles. The lowest BCUT2D eigenvalue weighted by Crippen LogP contribution is -2.02. The monoisotopic (exact) mass is 300 g/mol. The summed E-state index contributed by atoms with van der Waals surface area (Å²) in [6.07, 6.45) is 0. The molecule has 0 N–H and O–H groups in total. The summed E-state index contributed by atoms with van der Waals surface area (Å²) in [7, 11) is 0. The number of rotatable bonds is 2. The molecule has 0 aromatic heterocycles. The Kier molecular flexibility index (Phi) is 4.12. The Bertz CT molecular complexity index is 601. The predicted octanol–water partition coefficient (Wildman–Crippen LogP) is 5.56. The van der Waals surface area contributed by atoms with Gasteiger partial charge in [0.15, 0.2) is 0 Å². The van der Waals surface area contributed by atoms with E-state index in [1.807, 2.05) is 0 Å². The van der Waals surface area contributed by atoms with E-state index >= 15 is 0 Å². The minimum Gasteiger partial charge on any atom is -0.207 e. The number of benzene rings is 2. The van der Waals surface area contributed by atoms with Crippen molar-refractivity contribution < 1.29 is 8.78 Å². The van der Waals surface area contributed by atoms with Crippen LogP contribution in [0.1, 0.15) is 27.6 Å². The smallest absolute Gasteiger partial charge is 0.142 e. The summed E-state index contributed by atoms with van der Waals surface area (Å²) in [5.74, 6) is -0.824. The normalized spacial score (nSPS) is 12.5. The minimum atomic E-state index is -0.608. The molecule has 0 fully saturated rings. The van der Waals surface area contributed by atoms with E-state index in [2.05, 4.69) is 0 Å². The molecular formula is C15H12Cl2F2. The van der Waals surface area contributed by atoms with Crippen LogP contribution in [-0.4, -0.2) is 0 Å². The fourth-order valence-corrected chi connectivity index (χ4v) is 3.01. The van der Waals surface area contributed by atoms with Crippen molar-refractivity contribution in [2.45, 2.75) is 19.2 Å². The van der Waals surface area contributed by atoms with E-state index in [4.69, 9.17) is 23.2 Å². The fraction of sp³-hybridized carbons (Fsp3) is 0.200. The van der Waals surface area contributed by atoms with Gasteiger partial charge in [-0.1, -0.05) is 23.7 Å². The van der Waals surface area contributed by atoms with E-state index in [1.165, 1.54) is 18.2 Å². The van der Waals surface area contributed by atoms with Crippen LogP contribution in [0.3, 0.4) is 0 Å². The van der Waals surface area contributed by atoms with E-state index in [9.17, 15) is 8.78 Å². The van der Waals surface area contributed by atoms with Crippen molar-refractivity contribution in [3.8, 4) is 0 Å². The van der Waals surface area contributed by atoms with Gasteiger partial charge in [0.1, 0.15) is 11.6 Å². The SMILES string of the molecule is Cc1cc(F)cc(C)c1C(Cl)c1cccc(F)c1Cl.